The second kappa shape index (κ2) is 5.66. The van der Waals surface area contributed by atoms with Gasteiger partial charge in [-0.25, -0.2) is 4.79 Å². The van der Waals surface area contributed by atoms with Crippen LogP contribution in [0.5, 0.6) is 0 Å². The third-order valence-corrected chi connectivity index (χ3v) is 5.21. The van der Waals surface area contributed by atoms with E-state index in [9.17, 15) is 31.1 Å². The largest absolute Gasteiger partial charge is 0.476 e. The molecule has 0 fully saturated rings. The molecule has 0 aromatic carbocycles. The Bertz CT molecular complexity index is 614. The molecule has 0 spiro atoms. The summed E-state index contributed by atoms with van der Waals surface area (Å²) < 4.78 is 79.5. The van der Waals surface area contributed by atoms with Crippen molar-refractivity contribution in [3.63, 3.8) is 0 Å². The molecule has 2 unspecified atom stereocenters. The maximum Gasteiger partial charge on any atom is 0.392 e. The van der Waals surface area contributed by atoms with E-state index in [-0.39, 0.29) is 23.4 Å². The minimum atomic E-state index is -4.80. The summed E-state index contributed by atoms with van der Waals surface area (Å²) in [7, 11) is 0. The van der Waals surface area contributed by atoms with Crippen LogP contribution in [-0.4, -0.2) is 33.6 Å². The molecule has 2 N–H and O–H groups in total. The van der Waals surface area contributed by atoms with Gasteiger partial charge in [0.2, 0.25) is 0 Å². The maximum absolute atomic E-state index is 13.2. The lowest BCUT2D eigenvalue weighted by atomic mass is 9.59. The van der Waals surface area contributed by atoms with Gasteiger partial charge in [0.15, 0.2) is 5.69 Å². The quantitative estimate of drug-likeness (QED) is 0.804. The Morgan fingerprint density at radius 1 is 1.17 bits per heavy atom. The van der Waals surface area contributed by atoms with Gasteiger partial charge in [-0.15, -0.1) is 0 Å². The average Bonchev–Trinajstić information content (AvgIpc) is 2.86. The summed E-state index contributed by atoms with van der Waals surface area (Å²) in [5.41, 5.74) is -2.24. The Balaban J connectivity index is 2.52. The summed E-state index contributed by atoms with van der Waals surface area (Å²) in [5.74, 6) is -5.77. The number of nitrogens with zero attached hydrogens (tertiary/aromatic N) is 1. The minimum absolute atomic E-state index is 0.0332. The van der Waals surface area contributed by atoms with E-state index < -0.39 is 48.4 Å². The van der Waals surface area contributed by atoms with Crippen LogP contribution in [0, 0.1) is 17.3 Å². The number of carboxylic acid groups (broad SMARTS) is 1. The van der Waals surface area contributed by atoms with Gasteiger partial charge >= 0.3 is 18.3 Å². The lowest BCUT2D eigenvalue weighted by Crippen LogP contribution is -2.51. The Morgan fingerprint density at radius 3 is 2.08 bits per heavy atom. The molecule has 10 heteroatoms. The Morgan fingerprint density at radius 2 is 1.67 bits per heavy atom. The lowest BCUT2D eigenvalue weighted by Gasteiger charge is -2.47. The number of aromatic carboxylic acids is 1. The van der Waals surface area contributed by atoms with Crippen molar-refractivity contribution < 1.29 is 36.2 Å². The molecular formula is C14H16F6N2O2. The fraction of sp³-hybridized carbons (Fsp3) is 0.714. The van der Waals surface area contributed by atoms with Crippen LogP contribution >= 0.6 is 0 Å². The van der Waals surface area contributed by atoms with Crippen molar-refractivity contribution in [2.75, 3.05) is 0 Å². The number of hydrogen-bond donors (Lipinski definition) is 2. The number of alkyl halides is 6. The first-order valence-electron chi connectivity index (χ1n) is 7.23. The molecule has 0 aliphatic heterocycles. The van der Waals surface area contributed by atoms with E-state index in [1.54, 1.807) is 0 Å². The number of aromatic amines is 1. The van der Waals surface area contributed by atoms with Crippen molar-refractivity contribution in [1.82, 2.24) is 10.2 Å². The number of carboxylic acids is 1. The second-order valence-corrected chi connectivity index (χ2v) is 6.27. The van der Waals surface area contributed by atoms with Gasteiger partial charge < -0.3 is 5.11 Å². The Kier molecular flexibility index (Phi) is 4.39. The van der Waals surface area contributed by atoms with Gasteiger partial charge in [0.25, 0.3) is 0 Å². The van der Waals surface area contributed by atoms with E-state index in [1.807, 2.05) is 0 Å². The van der Waals surface area contributed by atoms with Crippen LogP contribution in [-0.2, 0) is 12.8 Å². The van der Waals surface area contributed by atoms with Gasteiger partial charge in [0.05, 0.1) is 11.8 Å². The van der Waals surface area contributed by atoms with Gasteiger partial charge in [0.1, 0.15) is 0 Å². The van der Waals surface area contributed by atoms with Crippen molar-refractivity contribution in [3.05, 3.63) is 17.0 Å². The molecule has 0 bridgehead atoms. The molecule has 1 aromatic heterocycles. The summed E-state index contributed by atoms with van der Waals surface area (Å²) in [6.45, 7) is 1.50. The standard InChI is InChI=1S/C14H16F6N2O2/c1-6(13(15,16)17)12(7(2)14(18,19)20)4-3-8-9(5-12)21-22-10(8)11(23)24/h6-7H,3-5H2,1-2H3,(H,21,22)(H,23,24). The predicted octanol–water partition coefficient (Wildman–Crippen LogP) is 3.98. The van der Waals surface area contributed by atoms with Crippen LogP contribution < -0.4 is 0 Å². The fourth-order valence-corrected chi connectivity index (χ4v) is 3.54. The van der Waals surface area contributed by atoms with Crippen LogP contribution in [0.25, 0.3) is 0 Å². The highest BCUT2D eigenvalue weighted by atomic mass is 19.4. The zero-order valence-electron chi connectivity index (χ0n) is 12.8. The second-order valence-electron chi connectivity index (χ2n) is 6.27. The van der Waals surface area contributed by atoms with Gasteiger partial charge in [-0.1, -0.05) is 13.8 Å². The SMILES string of the molecule is CC(C(F)(F)F)C1(C(C)C(F)(F)F)CCc2c(C(=O)O)n[nH]c2C1. The zero-order valence-corrected chi connectivity index (χ0v) is 12.8. The average molecular weight is 358 g/mol. The van der Waals surface area contributed by atoms with Crippen LogP contribution in [0.4, 0.5) is 26.3 Å². The molecule has 24 heavy (non-hydrogen) atoms. The molecule has 4 nitrogen and oxygen atoms in total. The van der Waals surface area contributed by atoms with E-state index in [4.69, 9.17) is 5.11 Å². The van der Waals surface area contributed by atoms with E-state index in [0.29, 0.717) is 0 Å². The van der Waals surface area contributed by atoms with E-state index in [2.05, 4.69) is 10.2 Å². The summed E-state index contributed by atoms with van der Waals surface area (Å²) in [4.78, 5) is 11.0. The number of rotatable bonds is 3. The highest BCUT2D eigenvalue weighted by Crippen LogP contribution is 2.56. The summed E-state index contributed by atoms with van der Waals surface area (Å²) in [6.07, 6.45) is -10.8. The number of nitrogens with one attached hydrogen (secondary N) is 1. The maximum atomic E-state index is 13.2. The summed E-state index contributed by atoms with van der Waals surface area (Å²) in [5, 5.41) is 14.8. The summed E-state index contributed by atoms with van der Waals surface area (Å²) in [6, 6.07) is 0. The van der Waals surface area contributed by atoms with Crippen molar-refractivity contribution >= 4 is 5.97 Å². The summed E-state index contributed by atoms with van der Waals surface area (Å²) >= 11 is 0. The predicted molar refractivity (Wildman–Crippen MR) is 70.4 cm³/mol. The molecule has 0 saturated carbocycles. The molecule has 0 radical (unpaired) electrons. The van der Waals surface area contributed by atoms with Crippen molar-refractivity contribution in [2.24, 2.45) is 17.3 Å². The number of halogens is 6. The molecule has 0 amide bonds. The smallest absolute Gasteiger partial charge is 0.392 e. The van der Waals surface area contributed by atoms with Gasteiger partial charge in [-0.2, -0.15) is 31.4 Å². The molecule has 0 saturated heterocycles. The van der Waals surface area contributed by atoms with E-state index in [0.717, 1.165) is 13.8 Å². The van der Waals surface area contributed by atoms with Crippen molar-refractivity contribution in [2.45, 2.75) is 45.5 Å². The molecule has 1 heterocycles. The minimum Gasteiger partial charge on any atom is -0.476 e. The van der Waals surface area contributed by atoms with E-state index in [1.165, 1.54) is 0 Å². The number of aromatic nitrogens is 2. The number of fused-ring (bicyclic) bond motifs is 1. The van der Waals surface area contributed by atoms with Crippen LogP contribution in [0.2, 0.25) is 0 Å². The van der Waals surface area contributed by atoms with Crippen LogP contribution in [0.1, 0.15) is 42.0 Å². The topological polar surface area (TPSA) is 66.0 Å². The molecular weight excluding hydrogens is 342 g/mol. The first-order valence-corrected chi connectivity index (χ1v) is 7.23. The first kappa shape index (κ1) is 18.6. The first-order chi connectivity index (χ1) is 10.8. The molecule has 136 valence electrons. The zero-order chi connectivity index (χ0) is 18.5. The number of carbonyl (C=O) groups is 1. The number of hydrogen-bond acceptors (Lipinski definition) is 2. The highest BCUT2D eigenvalue weighted by Gasteiger charge is 2.60. The molecule has 1 aromatic rings. The monoisotopic (exact) mass is 358 g/mol. The Labute approximate surface area is 133 Å². The van der Waals surface area contributed by atoms with Gasteiger partial charge in [-0.05, 0) is 24.7 Å². The third-order valence-electron chi connectivity index (χ3n) is 5.21. The molecule has 1 aliphatic carbocycles. The third kappa shape index (κ3) is 2.98. The van der Waals surface area contributed by atoms with Gasteiger partial charge in [0, 0.05) is 11.3 Å². The molecule has 1 aliphatic rings. The normalized spacial score (nSPS) is 24.3. The van der Waals surface area contributed by atoms with Gasteiger partial charge in [-0.3, -0.25) is 5.10 Å². The van der Waals surface area contributed by atoms with E-state index >= 15 is 0 Å². The number of H-pyrrole nitrogens is 1. The molecule has 2 atom stereocenters. The van der Waals surface area contributed by atoms with Crippen molar-refractivity contribution in [1.29, 1.82) is 0 Å². The Hall–Kier alpha value is -1.74. The fourth-order valence-electron chi connectivity index (χ4n) is 3.54. The van der Waals surface area contributed by atoms with Crippen molar-refractivity contribution in [3.8, 4) is 0 Å². The molecule has 2 rings (SSSR count). The lowest BCUT2D eigenvalue weighted by molar-refractivity contribution is -0.258. The van der Waals surface area contributed by atoms with Crippen LogP contribution in [0.3, 0.4) is 0 Å². The highest BCUT2D eigenvalue weighted by molar-refractivity contribution is 5.87. The van der Waals surface area contributed by atoms with Crippen LogP contribution in [0.15, 0.2) is 0 Å².